The molecule has 21 heavy (non-hydrogen) atoms. The van der Waals surface area contributed by atoms with Crippen LogP contribution in [0.15, 0.2) is 24.4 Å². The molecule has 1 aliphatic carbocycles. The molecule has 0 aliphatic heterocycles. The number of fused-ring (bicyclic) bond motifs is 1. The molecule has 3 atom stereocenters. The van der Waals surface area contributed by atoms with E-state index >= 15 is 0 Å². The Balaban J connectivity index is 2.01. The Bertz CT molecular complexity index is 677. The monoisotopic (exact) mass is 281 g/mol. The molecule has 110 valence electrons. The van der Waals surface area contributed by atoms with E-state index in [0.29, 0.717) is 17.9 Å². The summed E-state index contributed by atoms with van der Waals surface area (Å²) in [6.45, 7) is 2.33. The molecule has 0 saturated heterocycles. The van der Waals surface area contributed by atoms with Gasteiger partial charge < -0.3 is 9.88 Å². The number of H-pyrrole nitrogens is 1. The maximum atomic E-state index is 9.14. The summed E-state index contributed by atoms with van der Waals surface area (Å²) < 4.78 is 0. The van der Waals surface area contributed by atoms with E-state index in [-0.39, 0.29) is 0 Å². The van der Waals surface area contributed by atoms with Crippen LogP contribution in [-0.2, 0) is 0 Å². The van der Waals surface area contributed by atoms with Gasteiger partial charge in [-0.2, -0.15) is 5.26 Å². The zero-order valence-electron chi connectivity index (χ0n) is 13.1. The summed E-state index contributed by atoms with van der Waals surface area (Å²) in [5.74, 6) is 1.30. The number of hydrogen-bond acceptors (Lipinski definition) is 2. The second kappa shape index (κ2) is 5.54. The number of hydrogen-bond donors (Lipinski definition) is 1. The molecule has 1 aromatic carbocycles. The topological polar surface area (TPSA) is 42.8 Å². The van der Waals surface area contributed by atoms with E-state index in [1.165, 1.54) is 30.2 Å². The molecule has 3 nitrogen and oxygen atoms in total. The summed E-state index contributed by atoms with van der Waals surface area (Å²) in [6.07, 6.45) is 6.02. The second-order valence-electron chi connectivity index (χ2n) is 6.52. The van der Waals surface area contributed by atoms with Crippen LogP contribution in [0.3, 0.4) is 0 Å². The normalized spacial score (nSPS) is 23.6. The highest BCUT2D eigenvalue weighted by molar-refractivity contribution is 5.85. The zero-order chi connectivity index (χ0) is 15.0. The Morgan fingerprint density at radius 3 is 2.86 bits per heavy atom. The van der Waals surface area contributed by atoms with Crippen LogP contribution in [0.25, 0.3) is 10.9 Å². The molecule has 2 unspecified atom stereocenters. The summed E-state index contributed by atoms with van der Waals surface area (Å²) in [5.41, 5.74) is 3.30. The molecule has 0 spiro atoms. The first-order valence-electron chi connectivity index (χ1n) is 7.79. The van der Waals surface area contributed by atoms with Crippen molar-refractivity contribution in [1.29, 1.82) is 5.26 Å². The van der Waals surface area contributed by atoms with Crippen molar-refractivity contribution in [2.45, 2.75) is 38.1 Å². The molecule has 3 rings (SSSR count). The van der Waals surface area contributed by atoms with E-state index in [2.05, 4.69) is 43.2 Å². The van der Waals surface area contributed by atoms with E-state index < -0.39 is 0 Å². The van der Waals surface area contributed by atoms with Gasteiger partial charge in [-0.05, 0) is 69.5 Å². The minimum absolute atomic E-state index is 0.585. The molecular weight excluding hydrogens is 258 g/mol. The summed E-state index contributed by atoms with van der Waals surface area (Å²) in [6, 6.07) is 8.79. The predicted molar refractivity (Wildman–Crippen MR) is 86.2 cm³/mol. The fourth-order valence-electron chi connectivity index (χ4n) is 3.85. The molecule has 3 heteroatoms. The highest BCUT2D eigenvalue weighted by Crippen LogP contribution is 2.44. The van der Waals surface area contributed by atoms with Crippen molar-refractivity contribution in [2.75, 3.05) is 14.1 Å². The quantitative estimate of drug-likeness (QED) is 0.928. The molecule has 0 amide bonds. The predicted octanol–water partition coefficient (Wildman–Crippen LogP) is 3.87. The van der Waals surface area contributed by atoms with Gasteiger partial charge >= 0.3 is 0 Å². The van der Waals surface area contributed by atoms with Crippen molar-refractivity contribution in [2.24, 2.45) is 5.92 Å². The molecule has 1 saturated carbocycles. The highest BCUT2D eigenvalue weighted by Gasteiger charge is 2.34. The molecule has 1 heterocycles. The van der Waals surface area contributed by atoms with Crippen LogP contribution < -0.4 is 0 Å². The number of benzene rings is 1. The largest absolute Gasteiger partial charge is 0.361 e. The van der Waals surface area contributed by atoms with Crippen LogP contribution in [0.4, 0.5) is 0 Å². The molecule has 1 aliphatic rings. The lowest BCUT2D eigenvalue weighted by Gasteiger charge is -2.30. The maximum absolute atomic E-state index is 9.14. The van der Waals surface area contributed by atoms with E-state index in [1.807, 2.05) is 18.2 Å². The van der Waals surface area contributed by atoms with Crippen LogP contribution in [0, 0.1) is 17.2 Å². The SMILES string of the molecule is CC([C@H]1CCCC1c1c[nH]c2ccc(C#N)cc12)N(C)C. The van der Waals surface area contributed by atoms with Crippen LogP contribution in [0.5, 0.6) is 0 Å². The number of nitriles is 1. The van der Waals surface area contributed by atoms with Crippen LogP contribution in [0.1, 0.15) is 43.2 Å². The fraction of sp³-hybridized carbons (Fsp3) is 0.500. The molecule has 0 bridgehead atoms. The average Bonchev–Trinajstić information content (AvgIpc) is 3.11. The Kier molecular flexibility index (Phi) is 3.73. The third-order valence-corrected chi connectivity index (χ3v) is 5.25. The molecular formula is C18H23N3. The molecule has 1 fully saturated rings. The van der Waals surface area contributed by atoms with Crippen molar-refractivity contribution in [1.82, 2.24) is 9.88 Å². The molecule has 0 radical (unpaired) electrons. The van der Waals surface area contributed by atoms with Gasteiger partial charge in [-0.3, -0.25) is 0 Å². The van der Waals surface area contributed by atoms with Gasteiger partial charge in [0.1, 0.15) is 0 Å². The van der Waals surface area contributed by atoms with Gasteiger partial charge in [-0.1, -0.05) is 6.42 Å². The van der Waals surface area contributed by atoms with Crippen molar-refractivity contribution < 1.29 is 0 Å². The van der Waals surface area contributed by atoms with Crippen LogP contribution >= 0.6 is 0 Å². The van der Waals surface area contributed by atoms with Gasteiger partial charge in [-0.25, -0.2) is 0 Å². The molecule has 1 N–H and O–H groups in total. The van der Waals surface area contributed by atoms with Crippen molar-refractivity contribution in [3.8, 4) is 6.07 Å². The van der Waals surface area contributed by atoms with Gasteiger partial charge in [0.25, 0.3) is 0 Å². The van der Waals surface area contributed by atoms with E-state index in [9.17, 15) is 0 Å². The minimum atomic E-state index is 0.585. The van der Waals surface area contributed by atoms with Crippen molar-refractivity contribution in [3.63, 3.8) is 0 Å². The Labute approximate surface area is 126 Å². The first kappa shape index (κ1) is 14.2. The van der Waals surface area contributed by atoms with Gasteiger partial charge in [0.15, 0.2) is 0 Å². The first-order chi connectivity index (χ1) is 10.1. The van der Waals surface area contributed by atoms with Gasteiger partial charge in [0, 0.05) is 23.1 Å². The number of nitrogens with one attached hydrogen (secondary N) is 1. The van der Waals surface area contributed by atoms with Gasteiger partial charge in [0.05, 0.1) is 11.6 Å². The van der Waals surface area contributed by atoms with E-state index in [0.717, 1.165) is 11.1 Å². The van der Waals surface area contributed by atoms with Gasteiger partial charge in [-0.15, -0.1) is 0 Å². The molecule has 2 aromatic rings. The standard InChI is InChI=1S/C18H23N3/c1-12(21(2)3)14-5-4-6-15(14)17-11-20-18-8-7-13(10-19)9-16(17)18/h7-9,11-12,14-15,20H,4-6H2,1-3H3/t12?,14-,15?/m1/s1. The lowest BCUT2D eigenvalue weighted by molar-refractivity contribution is 0.216. The Hall–Kier alpha value is -1.79. The van der Waals surface area contributed by atoms with Crippen LogP contribution in [-0.4, -0.2) is 30.0 Å². The molecule has 1 aromatic heterocycles. The fourth-order valence-corrected chi connectivity index (χ4v) is 3.85. The third kappa shape index (κ3) is 2.45. The zero-order valence-corrected chi connectivity index (χ0v) is 13.1. The third-order valence-electron chi connectivity index (χ3n) is 5.25. The van der Waals surface area contributed by atoms with Gasteiger partial charge in [0.2, 0.25) is 0 Å². The number of rotatable bonds is 3. The van der Waals surface area contributed by atoms with E-state index in [4.69, 9.17) is 5.26 Å². The van der Waals surface area contributed by atoms with Crippen molar-refractivity contribution >= 4 is 10.9 Å². The Morgan fingerprint density at radius 1 is 1.33 bits per heavy atom. The lowest BCUT2D eigenvalue weighted by atomic mass is 9.84. The van der Waals surface area contributed by atoms with Crippen LogP contribution in [0.2, 0.25) is 0 Å². The smallest absolute Gasteiger partial charge is 0.0991 e. The first-order valence-corrected chi connectivity index (χ1v) is 7.79. The highest BCUT2D eigenvalue weighted by atomic mass is 15.1. The minimum Gasteiger partial charge on any atom is -0.361 e. The number of aromatic amines is 1. The van der Waals surface area contributed by atoms with E-state index in [1.54, 1.807) is 0 Å². The number of nitrogens with zero attached hydrogens (tertiary/aromatic N) is 2. The Morgan fingerprint density at radius 2 is 2.14 bits per heavy atom. The summed E-state index contributed by atoms with van der Waals surface area (Å²) in [7, 11) is 4.34. The maximum Gasteiger partial charge on any atom is 0.0991 e. The van der Waals surface area contributed by atoms with Crippen molar-refractivity contribution in [3.05, 3.63) is 35.5 Å². The summed E-state index contributed by atoms with van der Waals surface area (Å²) in [5, 5.41) is 10.4. The number of aromatic nitrogens is 1. The lowest BCUT2D eigenvalue weighted by Crippen LogP contribution is -2.33. The second-order valence-corrected chi connectivity index (χ2v) is 6.52. The summed E-state index contributed by atoms with van der Waals surface area (Å²) in [4.78, 5) is 5.71. The average molecular weight is 281 g/mol. The summed E-state index contributed by atoms with van der Waals surface area (Å²) >= 11 is 0.